The molecule has 2 amide bonds. The Morgan fingerprint density at radius 1 is 0.957 bits per heavy atom. The van der Waals surface area contributed by atoms with Gasteiger partial charge in [-0.3, -0.25) is 14.9 Å². The highest BCUT2D eigenvalue weighted by Crippen LogP contribution is 2.15. The van der Waals surface area contributed by atoms with Gasteiger partial charge in [-0.1, -0.05) is 23.8 Å². The number of aryl methyl sites for hydroxylation is 1. The zero-order valence-corrected chi connectivity index (χ0v) is 13.7. The number of thiocarbonyl (C=S) groups is 1. The van der Waals surface area contributed by atoms with E-state index in [0.29, 0.717) is 16.9 Å². The summed E-state index contributed by atoms with van der Waals surface area (Å²) in [6, 6.07) is 14.3. The predicted octanol–water partition coefficient (Wildman–Crippen LogP) is 3.08. The van der Waals surface area contributed by atoms with Gasteiger partial charge in [0.05, 0.1) is 0 Å². The summed E-state index contributed by atoms with van der Waals surface area (Å²) in [6.07, 6.45) is 0. The molecule has 0 aromatic heterocycles. The van der Waals surface area contributed by atoms with Crippen molar-refractivity contribution in [1.29, 1.82) is 0 Å². The highest BCUT2D eigenvalue weighted by Gasteiger charge is 2.08. The summed E-state index contributed by atoms with van der Waals surface area (Å²) in [4.78, 5) is 23.1. The maximum Gasteiger partial charge on any atom is 0.257 e. The van der Waals surface area contributed by atoms with Crippen molar-refractivity contribution >= 4 is 40.5 Å². The molecule has 0 aliphatic rings. The van der Waals surface area contributed by atoms with Crippen molar-refractivity contribution in [3.05, 3.63) is 59.7 Å². The number of rotatable bonds is 3. The number of nitrogens with one attached hydrogen (secondary N) is 3. The Kier molecular flexibility index (Phi) is 5.43. The second kappa shape index (κ2) is 7.51. The molecule has 0 heterocycles. The fourth-order valence-corrected chi connectivity index (χ4v) is 2.13. The van der Waals surface area contributed by atoms with Gasteiger partial charge in [0.15, 0.2) is 5.11 Å². The van der Waals surface area contributed by atoms with Crippen molar-refractivity contribution in [2.75, 3.05) is 10.6 Å². The van der Waals surface area contributed by atoms with E-state index >= 15 is 0 Å². The van der Waals surface area contributed by atoms with Gasteiger partial charge >= 0.3 is 0 Å². The van der Waals surface area contributed by atoms with Crippen LogP contribution < -0.4 is 16.0 Å². The molecule has 2 rings (SSSR count). The molecule has 0 unspecified atom stereocenters. The number of benzene rings is 2. The van der Waals surface area contributed by atoms with Gasteiger partial charge in [-0.2, -0.15) is 0 Å². The van der Waals surface area contributed by atoms with Crippen LogP contribution in [0.4, 0.5) is 11.4 Å². The lowest BCUT2D eigenvalue weighted by atomic mass is 10.1. The first kappa shape index (κ1) is 16.6. The maximum atomic E-state index is 12.1. The summed E-state index contributed by atoms with van der Waals surface area (Å²) in [5, 5.41) is 8.41. The summed E-state index contributed by atoms with van der Waals surface area (Å²) in [6.45, 7) is 3.39. The van der Waals surface area contributed by atoms with Gasteiger partial charge in [-0.05, 0) is 49.5 Å². The van der Waals surface area contributed by atoms with Crippen molar-refractivity contribution < 1.29 is 9.59 Å². The normalized spacial score (nSPS) is 9.83. The SMILES string of the molecule is CC(=O)Nc1cccc(NC(=S)NC(=O)c2ccc(C)cc2)c1. The van der Waals surface area contributed by atoms with E-state index in [0.717, 1.165) is 5.56 Å². The Morgan fingerprint density at radius 3 is 2.17 bits per heavy atom. The second-order valence-corrected chi connectivity index (χ2v) is 5.44. The third kappa shape index (κ3) is 5.19. The molecule has 23 heavy (non-hydrogen) atoms. The van der Waals surface area contributed by atoms with Gasteiger partial charge in [0, 0.05) is 23.9 Å². The maximum absolute atomic E-state index is 12.1. The molecule has 6 heteroatoms. The van der Waals surface area contributed by atoms with E-state index in [9.17, 15) is 9.59 Å². The second-order valence-electron chi connectivity index (χ2n) is 5.04. The highest BCUT2D eigenvalue weighted by atomic mass is 32.1. The van der Waals surface area contributed by atoms with Gasteiger partial charge in [0.1, 0.15) is 0 Å². The minimum Gasteiger partial charge on any atom is -0.332 e. The number of carbonyl (C=O) groups excluding carboxylic acids is 2. The summed E-state index contributed by atoms with van der Waals surface area (Å²) < 4.78 is 0. The third-order valence-corrected chi connectivity index (χ3v) is 3.19. The van der Waals surface area contributed by atoms with Crippen LogP contribution in [-0.4, -0.2) is 16.9 Å². The smallest absolute Gasteiger partial charge is 0.257 e. The Balaban J connectivity index is 1.98. The van der Waals surface area contributed by atoms with Crippen LogP contribution >= 0.6 is 12.2 Å². The number of anilines is 2. The Bertz CT molecular complexity index is 742. The van der Waals surface area contributed by atoms with Gasteiger partial charge in [-0.15, -0.1) is 0 Å². The molecule has 5 nitrogen and oxygen atoms in total. The van der Waals surface area contributed by atoms with Crippen molar-refractivity contribution in [3.63, 3.8) is 0 Å². The molecular formula is C17H17N3O2S. The van der Waals surface area contributed by atoms with Crippen molar-refractivity contribution in [1.82, 2.24) is 5.32 Å². The zero-order valence-electron chi connectivity index (χ0n) is 12.8. The van der Waals surface area contributed by atoms with Crippen molar-refractivity contribution in [2.45, 2.75) is 13.8 Å². The molecule has 3 N–H and O–H groups in total. The number of hydrogen-bond acceptors (Lipinski definition) is 3. The van der Waals surface area contributed by atoms with Crippen LogP contribution in [0.25, 0.3) is 0 Å². The first-order valence-corrected chi connectivity index (χ1v) is 7.41. The van der Waals surface area contributed by atoms with Crippen LogP contribution in [0.5, 0.6) is 0 Å². The van der Waals surface area contributed by atoms with Crippen molar-refractivity contribution in [2.24, 2.45) is 0 Å². The minimum absolute atomic E-state index is 0.155. The fourth-order valence-electron chi connectivity index (χ4n) is 1.92. The fraction of sp³-hybridized carbons (Fsp3) is 0.118. The summed E-state index contributed by atoms with van der Waals surface area (Å²) in [7, 11) is 0. The molecule has 0 radical (unpaired) electrons. The lowest BCUT2D eigenvalue weighted by Crippen LogP contribution is -2.34. The summed E-state index contributed by atoms with van der Waals surface area (Å²) in [5.41, 5.74) is 2.93. The summed E-state index contributed by atoms with van der Waals surface area (Å²) >= 11 is 5.14. The molecule has 0 aliphatic heterocycles. The minimum atomic E-state index is -0.277. The van der Waals surface area contributed by atoms with Crippen LogP contribution in [-0.2, 0) is 4.79 Å². The van der Waals surface area contributed by atoms with Crippen LogP contribution in [0.15, 0.2) is 48.5 Å². The van der Waals surface area contributed by atoms with Crippen LogP contribution in [0.1, 0.15) is 22.8 Å². The lowest BCUT2D eigenvalue weighted by molar-refractivity contribution is -0.114. The first-order chi connectivity index (χ1) is 10.9. The zero-order chi connectivity index (χ0) is 16.8. The topological polar surface area (TPSA) is 70.2 Å². The average Bonchev–Trinajstić information content (AvgIpc) is 2.47. The van der Waals surface area contributed by atoms with Gasteiger partial charge in [-0.25, -0.2) is 0 Å². The Hall–Kier alpha value is -2.73. The Morgan fingerprint density at radius 2 is 1.57 bits per heavy atom. The van der Waals surface area contributed by atoms with E-state index in [2.05, 4.69) is 16.0 Å². The molecule has 118 valence electrons. The standard InChI is InChI=1S/C17H17N3O2S/c1-11-6-8-13(9-7-11)16(22)20-17(23)19-15-5-3-4-14(10-15)18-12(2)21/h3-10H,1-2H3,(H,18,21)(H2,19,20,22,23). The van der Waals surface area contributed by atoms with E-state index in [1.165, 1.54) is 6.92 Å². The summed E-state index contributed by atoms with van der Waals surface area (Å²) in [5.74, 6) is -0.432. The van der Waals surface area contributed by atoms with E-state index in [-0.39, 0.29) is 16.9 Å². The number of hydrogen-bond donors (Lipinski definition) is 3. The molecule has 0 bridgehead atoms. The monoisotopic (exact) mass is 327 g/mol. The third-order valence-electron chi connectivity index (χ3n) is 2.98. The van der Waals surface area contributed by atoms with Gasteiger partial charge < -0.3 is 10.6 Å². The first-order valence-electron chi connectivity index (χ1n) is 7.01. The van der Waals surface area contributed by atoms with Crippen molar-refractivity contribution in [3.8, 4) is 0 Å². The Labute approximate surface area is 140 Å². The van der Waals surface area contributed by atoms with E-state index < -0.39 is 0 Å². The molecule has 2 aromatic rings. The molecule has 0 fully saturated rings. The quantitative estimate of drug-likeness (QED) is 0.758. The van der Waals surface area contributed by atoms with Crippen LogP contribution in [0, 0.1) is 6.92 Å². The predicted molar refractivity (Wildman–Crippen MR) is 95.6 cm³/mol. The largest absolute Gasteiger partial charge is 0.332 e. The molecule has 0 saturated heterocycles. The van der Waals surface area contributed by atoms with Crippen LogP contribution in [0.2, 0.25) is 0 Å². The van der Waals surface area contributed by atoms with E-state index in [1.807, 2.05) is 19.1 Å². The lowest BCUT2D eigenvalue weighted by Gasteiger charge is -2.11. The molecule has 0 atom stereocenters. The average molecular weight is 327 g/mol. The molecule has 0 aliphatic carbocycles. The van der Waals surface area contributed by atoms with Gasteiger partial charge in [0.2, 0.25) is 5.91 Å². The van der Waals surface area contributed by atoms with E-state index in [4.69, 9.17) is 12.2 Å². The number of carbonyl (C=O) groups is 2. The molecule has 0 saturated carbocycles. The number of amides is 2. The van der Waals surface area contributed by atoms with E-state index in [1.54, 1.807) is 36.4 Å². The molecular weight excluding hydrogens is 310 g/mol. The molecule has 0 spiro atoms. The van der Waals surface area contributed by atoms with Crippen LogP contribution in [0.3, 0.4) is 0 Å². The highest BCUT2D eigenvalue weighted by molar-refractivity contribution is 7.80. The van der Waals surface area contributed by atoms with Gasteiger partial charge in [0.25, 0.3) is 5.91 Å². The molecule has 2 aromatic carbocycles.